The molecule has 0 spiro atoms. The van der Waals surface area contributed by atoms with E-state index in [2.05, 4.69) is 4.72 Å². The number of hydrogen-bond donors (Lipinski definition) is 2. The van der Waals surface area contributed by atoms with Gasteiger partial charge in [0.25, 0.3) is 15.7 Å². The molecule has 0 saturated heterocycles. The van der Waals surface area contributed by atoms with Crippen LogP contribution >= 0.6 is 11.6 Å². The fourth-order valence-corrected chi connectivity index (χ4v) is 3.02. The quantitative estimate of drug-likeness (QED) is 0.508. The summed E-state index contributed by atoms with van der Waals surface area (Å²) in [7, 11) is -3.94. The summed E-state index contributed by atoms with van der Waals surface area (Å²) in [6, 6.07) is 9.51. The lowest BCUT2D eigenvalue weighted by atomic mass is 10.3. The molecule has 0 atom stereocenters. The fraction of sp³-hybridized carbons (Fsp3) is 0. The van der Waals surface area contributed by atoms with Gasteiger partial charge in [-0.05, 0) is 24.3 Å². The molecule has 2 aromatic carbocycles. The van der Waals surface area contributed by atoms with Crippen molar-refractivity contribution in [3.8, 4) is 0 Å². The maximum absolute atomic E-state index is 12.2. The minimum atomic E-state index is -3.94. The van der Waals surface area contributed by atoms with Gasteiger partial charge in [-0.25, -0.2) is 8.42 Å². The van der Waals surface area contributed by atoms with E-state index in [-0.39, 0.29) is 21.3 Å². The fourth-order valence-electron chi connectivity index (χ4n) is 1.65. The molecule has 7 nitrogen and oxygen atoms in total. The third-order valence-corrected chi connectivity index (χ3v) is 4.38. The van der Waals surface area contributed by atoms with Crippen LogP contribution in [0.3, 0.4) is 0 Å². The number of hydrogen-bond acceptors (Lipinski definition) is 5. The van der Waals surface area contributed by atoms with Crippen LogP contribution < -0.4 is 10.5 Å². The van der Waals surface area contributed by atoms with E-state index in [1.54, 1.807) is 6.07 Å². The number of nitrogens with one attached hydrogen (secondary N) is 1. The first-order chi connectivity index (χ1) is 9.81. The second kappa shape index (κ2) is 5.58. The number of halogens is 1. The number of nitrogens with zero attached hydrogens (tertiary/aromatic N) is 1. The predicted octanol–water partition coefficient (Wildman–Crippen LogP) is 2.63. The maximum Gasteiger partial charge on any atom is 0.289 e. The highest BCUT2D eigenvalue weighted by Gasteiger charge is 2.19. The highest BCUT2D eigenvalue weighted by Crippen LogP contribution is 2.29. The van der Waals surface area contributed by atoms with Crippen LogP contribution in [0.2, 0.25) is 5.02 Å². The number of nitro groups is 1. The van der Waals surface area contributed by atoms with Gasteiger partial charge in [0, 0.05) is 6.07 Å². The van der Waals surface area contributed by atoms with Crippen LogP contribution in [0.1, 0.15) is 0 Å². The number of nitrogen functional groups attached to an aromatic ring is 1. The van der Waals surface area contributed by atoms with Gasteiger partial charge >= 0.3 is 0 Å². The van der Waals surface area contributed by atoms with Crippen molar-refractivity contribution in [1.29, 1.82) is 0 Å². The van der Waals surface area contributed by atoms with Crippen molar-refractivity contribution in [3.63, 3.8) is 0 Å². The van der Waals surface area contributed by atoms with E-state index in [9.17, 15) is 18.5 Å². The Morgan fingerprint density at radius 3 is 2.48 bits per heavy atom. The SMILES string of the molecule is Nc1ccccc1S(=O)(=O)Nc1ccc(Cl)c([N+](=O)[O-])c1. The zero-order valence-electron chi connectivity index (χ0n) is 10.5. The Bertz CT molecular complexity index is 808. The van der Waals surface area contributed by atoms with Gasteiger partial charge in [0.2, 0.25) is 0 Å². The number of nitro benzene ring substituents is 1. The predicted molar refractivity (Wildman–Crippen MR) is 79.8 cm³/mol. The summed E-state index contributed by atoms with van der Waals surface area (Å²) in [6.07, 6.45) is 0. The standard InChI is InChI=1S/C12H10ClN3O4S/c13-9-6-5-8(7-11(9)16(17)18)15-21(19,20)12-4-2-1-3-10(12)14/h1-7,15H,14H2. The van der Waals surface area contributed by atoms with E-state index in [4.69, 9.17) is 17.3 Å². The van der Waals surface area contributed by atoms with E-state index < -0.39 is 20.6 Å². The Morgan fingerprint density at radius 1 is 1.19 bits per heavy atom. The molecule has 2 aromatic rings. The Morgan fingerprint density at radius 2 is 1.86 bits per heavy atom. The summed E-state index contributed by atoms with van der Waals surface area (Å²) in [6.45, 7) is 0. The zero-order valence-corrected chi connectivity index (χ0v) is 12.1. The number of anilines is 2. The van der Waals surface area contributed by atoms with Crippen LogP contribution in [0.25, 0.3) is 0 Å². The van der Waals surface area contributed by atoms with Crippen LogP contribution in [0, 0.1) is 10.1 Å². The van der Waals surface area contributed by atoms with E-state index in [0.717, 1.165) is 6.07 Å². The normalized spacial score (nSPS) is 11.1. The van der Waals surface area contributed by atoms with E-state index in [1.807, 2.05) is 0 Å². The molecule has 0 saturated carbocycles. The molecule has 21 heavy (non-hydrogen) atoms. The summed E-state index contributed by atoms with van der Waals surface area (Å²) in [4.78, 5) is 9.98. The second-order valence-corrected chi connectivity index (χ2v) is 6.12. The van der Waals surface area contributed by atoms with Gasteiger partial charge in [0.1, 0.15) is 9.92 Å². The number of nitrogens with two attached hydrogens (primary N) is 1. The van der Waals surface area contributed by atoms with E-state index in [0.29, 0.717) is 0 Å². The summed E-state index contributed by atoms with van der Waals surface area (Å²) < 4.78 is 26.6. The van der Waals surface area contributed by atoms with Crippen LogP contribution in [-0.4, -0.2) is 13.3 Å². The van der Waals surface area contributed by atoms with Crippen molar-refractivity contribution in [1.82, 2.24) is 0 Å². The number of benzene rings is 2. The maximum atomic E-state index is 12.2. The molecule has 0 fully saturated rings. The highest BCUT2D eigenvalue weighted by atomic mass is 35.5. The molecule has 0 aliphatic heterocycles. The van der Waals surface area contributed by atoms with Crippen molar-refractivity contribution in [2.24, 2.45) is 0 Å². The second-order valence-electron chi connectivity index (χ2n) is 4.07. The van der Waals surface area contributed by atoms with Crippen LogP contribution in [0.5, 0.6) is 0 Å². The smallest absolute Gasteiger partial charge is 0.289 e. The van der Waals surface area contributed by atoms with E-state index >= 15 is 0 Å². The van der Waals surface area contributed by atoms with Crippen molar-refractivity contribution < 1.29 is 13.3 Å². The first kappa shape index (κ1) is 15.1. The van der Waals surface area contributed by atoms with Gasteiger partial charge in [-0.2, -0.15) is 0 Å². The van der Waals surface area contributed by atoms with Crippen LogP contribution in [0.15, 0.2) is 47.4 Å². The lowest BCUT2D eigenvalue weighted by molar-refractivity contribution is -0.384. The largest absolute Gasteiger partial charge is 0.398 e. The molecule has 110 valence electrons. The average molecular weight is 328 g/mol. The molecule has 0 aliphatic carbocycles. The van der Waals surface area contributed by atoms with Crippen LogP contribution in [-0.2, 0) is 10.0 Å². The molecule has 0 bridgehead atoms. The molecular weight excluding hydrogens is 318 g/mol. The Labute approximate surface area is 125 Å². The molecular formula is C12H10ClN3O4S. The molecule has 3 N–H and O–H groups in total. The van der Waals surface area contributed by atoms with Gasteiger partial charge in [0.05, 0.1) is 16.3 Å². The molecule has 0 aliphatic rings. The summed E-state index contributed by atoms with van der Waals surface area (Å²) >= 11 is 5.67. The molecule has 9 heteroatoms. The number of para-hydroxylation sites is 1. The molecule has 0 aromatic heterocycles. The van der Waals surface area contributed by atoms with Gasteiger partial charge in [0.15, 0.2) is 0 Å². The minimum Gasteiger partial charge on any atom is -0.398 e. The first-order valence-corrected chi connectivity index (χ1v) is 7.48. The van der Waals surface area contributed by atoms with Crippen molar-refractivity contribution in [3.05, 3.63) is 57.6 Å². The van der Waals surface area contributed by atoms with Crippen molar-refractivity contribution in [2.75, 3.05) is 10.5 Å². The highest BCUT2D eigenvalue weighted by molar-refractivity contribution is 7.92. The Kier molecular flexibility index (Phi) is 4.01. The Balaban J connectivity index is 2.40. The Hall–Kier alpha value is -2.32. The summed E-state index contributed by atoms with van der Waals surface area (Å²) in [5.74, 6) is 0. The monoisotopic (exact) mass is 327 g/mol. The third kappa shape index (κ3) is 3.23. The lowest BCUT2D eigenvalue weighted by Gasteiger charge is -2.10. The number of sulfonamides is 1. The molecule has 0 unspecified atom stereocenters. The average Bonchev–Trinajstić information content (AvgIpc) is 2.40. The molecule has 0 radical (unpaired) electrons. The molecule has 0 heterocycles. The summed E-state index contributed by atoms with van der Waals surface area (Å²) in [5.41, 5.74) is 5.32. The number of rotatable bonds is 4. The lowest BCUT2D eigenvalue weighted by Crippen LogP contribution is -2.14. The zero-order chi connectivity index (χ0) is 15.6. The van der Waals surface area contributed by atoms with Crippen LogP contribution in [0.4, 0.5) is 17.1 Å². The topological polar surface area (TPSA) is 115 Å². The third-order valence-electron chi connectivity index (χ3n) is 2.60. The van der Waals surface area contributed by atoms with Crippen molar-refractivity contribution >= 4 is 38.7 Å². The minimum absolute atomic E-state index is 0.0225. The van der Waals surface area contributed by atoms with Gasteiger partial charge in [-0.15, -0.1) is 0 Å². The molecule has 0 amide bonds. The van der Waals surface area contributed by atoms with Gasteiger partial charge in [-0.1, -0.05) is 23.7 Å². The van der Waals surface area contributed by atoms with Gasteiger partial charge in [-0.3, -0.25) is 14.8 Å². The van der Waals surface area contributed by atoms with E-state index in [1.165, 1.54) is 30.3 Å². The first-order valence-electron chi connectivity index (χ1n) is 5.62. The molecule has 2 rings (SSSR count). The van der Waals surface area contributed by atoms with Gasteiger partial charge < -0.3 is 5.73 Å². The van der Waals surface area contributed by atoms with Crippen molar-refractivity contribution in [2.45, 2.75) is 4.90 Å². The summed E-state index contributed by atoms with van der Waals surface area (Å²) in [5, 5.41) is 10.7.